The van der Waals surface area contributed by atoms with E-state index >= 15 is 0 Å². The molecule has 1 atom stereocenters. The van der Waals surface area contributed by atoms with Crippen LogP contribution in [0.5, 0.6) is 5.75 Å². The lowest BCUT2D eigenvalue weighted by Gasteiger charge is -2.23. The summed E-state index contributed by atoms with van der Waals surface area (Å²) in [7, 11) is 0. The lowest BCUT2D eigenvalue weighted by molar-refractivity contribution is -0.194. The molecule has 2 aliphatic heterocycles. The zero-order valence-corrected chi connectivity index (χ0v) is 13.0. The summed E-state index contributed by atoms with van der Waals surface area (Å²) in [6.45, 7) is 4.70. The number of hydrogen-bond acceptors (Lipinski definition) is 5. The second-order valence-corrected chi connectivity index (χ2v) is 6.03. The highest BCUT2D eigenvalue weighted by molar-refractivity contribution is 5.72. The molecule has 5 heteroatoms. The summed E-state index contributed by atoms with van der Waals surface area (Å²) in [5.74, 6) is 0.729. The molecule has 2 heterocycles. The molecular weight excluding hydrogens is 282 g/mol. The fraction of sp³-hybridized carbons (Fsp3) is 0.588. The molecular formula is C17H23NO4. The molecule has 0 unspecified atom stereocenters. The van der Waals surface area contributed by atoms with Gasteiger partial charge in [0.05, 0.1) is 12.5 Å². The van der Waals surface area contributed by atoms with Crippen LogP contribution < -0.4 is 4.74 Å². The van der Waals surface area contributed by atoms with E-state index in [-0.39, 0.29) is 18.0 Å². The van der Waals surface area contributed by atoms with Gasteiger partial charge in [-0.15, -0.1) is 5.06 Å². The zero-order valence-electron chi connectivity index (χ0n) is 13.0. The van der Waals surface area contributed by atoms with Crippen LogP contribution in [-0.2, 0) is 14.4 Å². The molecule has 0 saturated carbocycles. The van der Waals surface area contributed by atoms with E-state index < -0.39 is 0 Å². The number of ether oxygens (including phenoxy) is 2. The van der Waals surface area contributed by atoms with Gasteiger partial charge in [-0.25, -0.2) is 0 Å². The molecule has 0 bridgehead atoms. The third kappa shape index (κ3) is 3.99. The maximum atomic E-state index is 12.1. The van der Waals surface area contributed by atoms with Crippen molar-refractivity contribution in [3.8, 4) is 5.75 Å². The minimum atomic E-state index is -0.125. The number of aryl methyl sites for hydroxylation is 1. The molecule has 0 N–H and O–H groups in total. The third-order valence-electron chi connectivity index (χ3n) is 4.17. The van der Waals surface area contributed by atoms with E-state index in [0.29, 0.717) is 19.8 Å². The molecule has 0 aromatic heterocycles. The van der Waals surface area contributed by atoms with Gasteiger partial charge >= 0.3 is 5.97 Å². The smallest absolute Gasteiger partial charge is 0.328 e. The van der Waals surface area contributed by atoms with Gasteiger partial charge in [0.25, 0.3) is 0 Å². The van der Waals surface area contributed by atoms with E-state index in [9.17, 15) is 4.79 Å². The molecule has 2 fully saturated rings. The second-order valence-electron chi connectivity index (χ2n) is 6.03. The van der Waals surface area contributed by atoms with Crippen molar-refractivity contribution >= 4 is 5.97 Å². The van der Waals surface area contributed by atoms with Crippen molar-refractivity contribution in [2.24, 2.45) is 5.92 Å². The molecule has 0 aliphatic carbocycles. The second kappa shape index (κ2) is 7.11. The Morgan fingerprint density at radius 3 is 2.86 bits per heavy atom. The molecule has 1 aromatic carbocycles. The molecule has 3 rings (SSSR count). The summed E-state index contributed by atoms with van der Waals surface area (Å²) in [6.07, 6.45) is 2.46. The number of carbonyl (C=O) groups is 1. The largest absolute Gasteiger partial charge is 0.489 e. The molecule has 0 amide bonds. The number of nitrogens with zero attached hydrogens (tertiary/aromatic N) is 1. The highest BCUT2D eigenvalue weighted by Crippen LogP contribution is 2.22. The topological polar surface area (TPSA) is 48.0 Å². The van der Waals surface area contributed by atoms with Crippen LogP contribution in [0.2, 0.25) is 0 Å². The summed E-state index contributed by atoms with van der Waals surface area (Å²) in [5, 5.41) is 1.73. The zero-order chi connectivity index (χ0) is 15.4. The van der Waals surface area contributed by atoms with E-state index in [1.165, 1.54) is 5.56 Å². The Labute approximate surface area is 131 Å². The van der Waals surface area contributed by atoms with Gasteiger partial charge < -0.3 is 14.3 Å². The van der Waals surface area contributed by atoms with Crippen molar-refractivity contribution < 1.29 is 19.1 Å². The molecule has 2 aliphatic rings. The van der Waals surface area contributed by atoms with Crippen LogP contribution in [0.3, 0.4) is 0 Å². The fourth-order valence-electron chi connectivity index (χ4n) is 2.89. The molecule has 0 radical (unpaired) electrons. The van der Waals surface area contributed by atoms with Gasteiger partial charge in [0.1, 0.15) is 11.9 Å². The highest BCUT2D eigenvalue weighted by Gasteiger charge is 2.30. The van der Waals surface area contributed by atoms with Crippen molar-refractivity contribution in [3.05, 3.63) is 29.8 Å². The average molecular weight is 305 g/mol. The van der Waals surface area contributed by atoms with Crippen LogP contribution in [0.1, 0.15) is 24.8 Å². The number of carbonyl (C=O) groups excluding carboxylic acids is 1. The van der Waals surface area contributed by atoms with Gasteiger partial charge in [-0.2, -0.15) is 0 Å². The van der Waals surface area contributed by atoms with E-state index in [1.54, 1.807) is 5.06 Å². The lowest BCUT2D eigenvalue weighted by atomic mass is 10.0. The average Bonchev–Trinajstić information content (AvgIpc) is 2.95. The highest BCUT2D eigenvalue weighted by atomic mass is 16.7. The minimum absolute atomic E-state index is 0.0227. The first-order chi connectivity index (χ1) is 10.7. The first-order valence-corrected chi connectivity index (χ1v) is 7.98. The number of benzene rings is 1. The molecule has 2 saturated heterocycles. The Morgan fingerprint density at radius 1 is 1.27 bits per heavy atom. The Kier molecular flexibility index (Phi) is 4.95. The van der Waals surface area contributed by atoms with Gasteiger partial charge in [-0.05, 0) is 37.5 Å². The summed E-state index contributed by atoms with van der Waals surface area (Å²) < 4.78 is 11.2. The first kappa shape index (κ1) is 15.3. The van der Waals surface area contributed by atoms with Gasteiger partial charge in [0.15, 0.2) is 0 Å². The van der Waals surface area contributed by atoms with Crippen molar-refractivity contribution in [2.45, 2.75) is 32.3 Å². The van der Waals surface area contributed by atoms with E-state index in [0.717, 1.165) is 31.6 Å². The Hall–Kier alpha value is -1.59. The van der Waals surface area contributed by atoms with Crippen LogP contribution in [0, 0.1) is 12.8 Å². The van der Waals surface area contributed by atoms with Crippen LogP contribution in [0.4, 0.5) is 0 Å². The first-order valence-electron chi connectivity index (χ1n) is 7.98. The normalized spacial score (nSPS) is 23.4. The fourth-order valence-corrected chi connectivity index (χ4v) is 2.89. The van der Waals surface area contributed by atoms with Crippen molar-refractivity contribution in [3.63, 3.8) is 0 Å². The third-order valence-corrected chi connectivity index (χ3v) is 4.17. The standard InChI is InChI=1S/C17H23NO4/c1-13-3-2-4-15(11-13)21-16-5-8-18(12-16)22-17(19)14-6-9-20-10-7-14/h2-4,11,14,16H,5-10,12H2,1H3/t16-/m1/s1. The molecule has 22 heavy (non-hydrogen) atoms. The van der Waals surface area contributed by atoms with E-state index in [1.807, 2.05) is 31.2 Å². The Balaban J connectivity index is 1.46. The molecule has 120 valence electrons. The van der Waals surface area contributed by atoms with Gasteiger partial charge in [-0.3, -0.25) is 4.79 Å². The number of rotatable bonds is 4. The maximum Gasteiger partial charge on any atom is 0.328 e. The number of hydrogen-bond donors (Lipinski definition) is 0. The lowest BCUT2D eigenvalue weighted by Crippen LogP contribution is -2.33. The van der Waals surface area contributed by atoms with Crippen molar-refractivity contribution in [2.75, 3.05) is 26.3 Å². The quantitative estimate of drug-likeness (QED) is 0.854. The summed E-state index contributed by atoms with van der Waals surface area (Å²) >= 11 is 0. The predicted molar refractivity (Wildman–Crippen MR) is 81.4 cm³/mol. The number of hydroxylamine groups is 2. The van der Waals surface area contributed by atoms with Gasteiger partial charge in [-0.1, -0.05) is 12.1 Å². The SMILES string of the molecule is Cc1cccc(O[C@@H]2CCN(OC(=O)C3CCOCC3)C2)c1. The summed E-state index contributed by atoms with van der Waals surface area (Å²) in [6, 6.07) is 8.02. The minimum Gasteiger partial charge on any atom is -0.489 e. The van der Waals surface area contributed by atoms with Crippen molar-refractivity contribution in [1.29, 1.82) is 0 Å². The van der Waals surface area contributed by atoms with E-state index in [4.69, 9.17) is 14.3 Å². The van der Waals surface area contributed by atoms with Gasteiger partial charge in [0.2, 0.25) is 0 Å². The Bertz CT molecular complexity index is 513. The predicted octanol–water partition coefficient (Wildman–Crippen LogP) is 2.33. The summed E-state index contributed by atoms with van der Waals surface area (Å²) in [4.78, 5) is 17.6. The van der Waals surface area contributed by atoms with Crippen LogP contribution in [-0.4, -0.2) is 43.4 Å². The summed E-state index contributed by atoms with van der Waals surface area (Å²) in [5.41, 5.74) is 1.18. The molecule has 1 aromatic rings. The molecule has 0 spiro atoms. The monoisotopic (exact) mass is 305 g/mol. The van der Waals surface area contributed by atoms with Gasteiger partial charge in [0, 0.05) is 26.2 Å². The van der Waals surface area contributed by atoms with Crippen LogP contribution >= 0.6 is 0 Å². The maximum absolute atomic E-state index is 12.1. The Morgan fingerprint density at radius 2 is 2.09 bits per heavy atom. The molecule has 5 nitrogen and oxygen atoms in total. The van der Waals surface area contributed by atoms with Crippen molar-refractivity contribution in [1.82, 2.24) is 5.06 Å². The van der Waals surface area contributed by atoms with E-state index in [2.05, 4.69) is 0 Å². The van der Waals surface area contributed by atoms with Crippen LogP contribution in [0.15, 0.2) is 24.3 Å². The van der Waals surface area contributed by atoms with Crippen LogP contribution in [0.25, 0.3) is 0 Å².